The summed E-state index contributed by atoms with van der Waals surface area (Å²) in [7, 11) is 1.54. The second kappa shape index (κ2) is 11.2. The van der Waals surface area contributed by atoms with Crippen LogP contribution in [0.1, 0.15) is 24.0 Å². The molecule has 12 heteroatoms. The van der Waals surface area contributed by atoms with Gasteiger partial charge in [-0.3, -0.25) is 4.79 Å². The number of hydrogen-bond acceptors (Lipinski definition) is 8. The number of likely N-dealkylation sites (tertiary alicyclic amines) is 1. The van der Waals surface area contributed by atoms with E-state index in [1.165, 1.54) is 24.4 Å². The van der Waals surface area contributed by atoms with Crippen molar-refractivity contribution in [1.82, 2.24) is 14.9 Å². The monoisotopic (exact) mass is 513 g/mol. The van der Waals surface area contributed by atoms with E-state index in [0.717, 1.165) is 0 Å². The summed E-state index contributed by atoms with van der Waals surface area (Å²) in [5, 5.41) is 6.06. The highest BCUT2D eigenvalue weighted by Crippen LogP contribution is 2.25. The average molecular weight is 514 g/mol. The lowest BCUT2D eigenvalue weighted by Gasteiger charge is -2.24. The number of aromatic nitrogens is 2. The second-order valence-corrected chi connectivity index (χ2v) is 8.31. The molecule has 0 saturated carbocycles. The minimum absolute atomic E-state index is 0.157. The molecule has 2 unspecified atom stereocenters. The summed E-state index contributed by atoms with van der Waals surface area (Å²) in [6.45, 7) is 2.15. The Kier molecular flexibility index (Phi) is 7.81. The molecule has 2 N–H and O–H groups in total. The number of halogens is 1. The van der Waals surface area contributed by atoms with Crippen molar-refractivity contribution in [3.05, 3.63) is 59.7 Å². The van der Waals surface area contributed by atoms with Gasteiger partial charge in [0.2, 0.25) is 5.91 Å². The number of esters is 1. The molecule has 1 saturated heterocycles. The van der Waals surface area contributed by atoms with E-state index in [-0.39, 0.29) is 31.0 Å². The van der Waals surface area contributed by atoms with E-state index in [1.54, 1.807) is 43.3 Å². The molecule has 3 aromatic rings. The molecule has 1 fully saturated rings. The SMILES string of the molecule is CCOC(=O)c1ncc(-c2ccc(NC(=O)C3CC(OC)CN3C(=O)Nc3ccc(Cl)cc3)nc2)o1. The van der Waals surface area contributed by atoms with Gasteiger partial charge in [-0.2, -0.15) is 0 Å². The summed E-state index contributed by atoms with van der Waals surface area (Å²) in [6.07, 6.45) is 2.92. The van der Waals surface area contributed by atoms with Crippen LogP contribution in [0.2, 0.25) is 5.02 Å². The fourth-order valence-electron chi connectivity index (χ4n) is 3.69. The van der Waals surface area contributed by atoms with Crippen LogP contribution < -0.4 is 10.6 Å². The number of amides is 3. The zero-order chi connectivity index (χ0) is 25.7. The van der Waals surface area contributed by atoms with Gasteiger partial charge in [0, 0.05) is 42.5 Å². The molecule has 0 aliphatic carbocycles. The number of pyridine rings is 1. The normalized spacial score (nSPS) is 17.0. The van der Waals surface area contributed by atoms with Crippen molar-refractivity contribution < 1.29 is 28.3 Å². The van der Waals surface area contributed by atoms with Gasteiger partial charge in [0.1, 0.15) is 11.9 Å². The highest BCUT2D eigenvalue weighted by Gasteiger charge is 2.40. The number of carbonyl (C=O) groups is 3. The van der Waals surface area contributed by atoms with Crippen molar-refractivity contribution in [3.63, 3.8) is 0 Å². The molecular formula is C24H24ClN5O6. The first-order chi connectivity index (χ1) is 17.4. The lowest BCUT2D eigenvalue weighted by Crippen LogP contribution is -2.45. The number of hydrogen-bond donors (Lipinski definition) is 2. The predicted octanol–water partition coefficient (Wildman–Crippen LogP) is 3.83. The minimum Gasteiger partial charge on any atom is -0.459 e. The molecule has 3 heterocycles. The van der Waals surface area contributed by atoms with E-state index >= 15 is 0 Å². The Labute approximate surface area is 211 Å². The summed E-state index contributed by atoms with van der Waals surface area (Å²) in [4.78, 5) is 47.3. The van der Waals surface area contributed by atoms with Crippen LogP contribution in [-0.2, 0) is 14.3 Å². The topological polar surface area (TPSA) is 136 Å². The predicted molar refractivity (Wildman–Crippen MR) is 131 cm³/mol. The lowest BCUT2D eigenvalue weighted by molar-refractivity contribution is -0.119. The number of ether oxygens (including phenoxy) is 2. The summed E-state index contributed by atoms with van der Waals surface area (Å²) >= 11 is 5.90. The molecule has 1 aliphatic rings. The smallest absolute Gasteiger partial charge is 0.394 e. The van der Waals surface area contributed by atoms with Crippen LogP contribution >= 0.6 is 11.6 Å². The zero-order valence-electron chi connectivity index (χ0n) is 19.6. The van der Waals surface area contributed by atoms with Crippen molar-refractivity contribution in [2.24, 2.45) is 0 Å². The Hall–Kier alpha value is -3.96. The number of methoxy groups -OCH3 is 1. The van der Waals surface area contributed by atoms with Crippen molar-refractivity contribution in [2.45, 2.75) is 25.5 Å². The van der Waals surface area contributed by atoms with Gasteiger partial charge >= 0.3 is 17.9 Å². The Balaban J connectivity index is 1.42. The number of rotatable bonds is 7. The maximum atomic E-state index is 13.1. The Morgan fingerprint density at radius 1 is 1.11 bits per heavy atom. The quantitative estimate of drug-likeness (QED) is 0.455. The number of nitrogens with one attached hydrogen (secondary N) is 2. The molecule has 2 atom stereocenters. The van der Waals surface area contributed by atoms with Crippen LogP contribution in [0, 0.1) is 0 Å². The van der Waals surface area contributed by atoms with Crippen LogP contribution in [0.15, 0.2) is 53.2 Å². The molecule has 2 aromatic heterocycles. The van der Waals surface area contributed by atoms with Crippen LogP contribution in [0.25, 0.3) is 11.3 Å². The molecule has 1 aromatic carbocycles. The van der Waals surface area contributed by atoms with E-state index < -0.39 is 23.9 Å². The molecule has 0 radical (unpaired) electrons. The minimum atomic E-state index is -0.759. The maximum absolute atomic E-state index is 13.1. The Morgan fingerprint density at radius 2 is 1.89 bits per heavy atom. The Morgan fingerprint density at radius 3 is 2.56 bits per heavy atom. The van der Waals surface area contributed by atoms with E-state index in [2.05, 4.69) is 20.6 Å². The van der Waals surface area contributed by atoms with Gasteiger partial charge in [-0.05, 0) is 43.3 Å². The summed E-state index contributed by atoms with van der Waals surface area (Å²) < 4.78 is 15.7. The number of urea groups is 1. The number of nitrogens with zero attached hydrogens (tertiary/aromatic N) is 3. The molecule has 3 amide bonds. The molecule has 0 spiro atoms. The third kappa shape index (κ3) is 5.81. The van der Waals surface area contributed by atoms with Crippen molar-refractivity contribution in [2.75, 3.05) is 30.9 Å². The summed E-state index contributed by atoms with van der Waals surface area (Å²) in [5.41, 5.74) is 1.11. The fourth-order valence-corrected chi connectivity index (χ4v) is 3.81. The van der Waals surface area contributed by atoms with Crippen molar-refractivity contribution >= 4 is 41.0 Å². The first kappa shape index (κ1) is 25.1. The van der Waals surface area contributed by atoms with Gasteiger partial charge < -0.3 is 29.4 Å². The van der Waals surface area contributed by atoms with Crippen molar-refractivity contribution in [3.8, 4) is 11.3 Å². The van der Waals surface area contributed by atoms with E-state index in [9.17, 15) is 14.4 Å². The van der Waals surface area contributed by atoms with Crippen LogP contribution in [0.3, 0.4) is 0 Å². The zero-order valence-corrected chi connectivity index (χ0v) is 20.3. The molecule has 4 rings (SSSR count). The van der Waals surface area contributed by atoms with Gasteiger partial charge in [0.25, 0.3) is 0 Å². The average Bonchev–Trinajstić information content (AvgIpc) is 3.54. The molecule has 188 valence electrons. The lowest BCUT2D eigenvalue weighted by atomic mass is 10.2. The number of benzene rings is 1. The number of carbonyl (C=O) groups excluding carboxylic acids is 3. The molecule has 1 aliphatic heterocycles. The molecule has 36 heavy (non-hydrogen) atoms. The number of anilines is 2. The third-order valence-electron chi connectivity index (χ3n) is 5.51. The van der Waals surface area contributed by atoms with E-state index in [1.807, 2.05) is 0 Å². The highest BCUT2D eigenvalue weighted by atomic mass is 35.5. The van der Waals surface area contributed by atoms with Crippen LogP contribution in [0.5, 0.6) is 0 Å². The Bertz CT molecular complexity index is 1230. The summed E-state index contributed by atoms with van der Waals surface area (Å²) in [5.74, 6) is -0.600. The molecule has 0 bridgehead atoms. The standard InChI is InChI=1S/C24H24ClN5O6/c1-3-35-23(32)22-27-12-19(36-22)14-4-9-20(26-11-14)29-21(31)18-10-17(34-2)13-30(18)24(33)28-16-7-5-15(25)6-8-16/h4-9,11-12,17-18H,3,10,13H2,1-2H3,(H,28,33)(H,26,29,31). The van der Waals surface area contributed by atoms with Crippen molar-refractivity contribution in [1.29, 1.82) is 0 Å². The van der Waals surface area contributed by atoms with Gasteiger partial charge in [0.15, 0.2) is 5.76 Å². The van der Waals surface area contributed by atoms with E-state index in [4.69, 9.17) is 25.5 Å². The van der Waals surface area contributed by atoms with Crippen LogP contribution in [-0.4, -0.2) is 65.2 Å². The summed E-state index contributed by atoms with van der Waals surface area (Å²) in [6, 6.07) is 8.73. The third-order valence-corrected chi connectivity index (χ3v) is 5.76. The van der Waals surface area contributed by atoms with Gasteiger partial charge in [-0.1, -0.05) is 11.6 Å². The molecular weight excluding hydrogens is 490 g/mol. The highest BCUT2D eigenvalue weighted by molar-refractivity contribution is 6.30. The second-order valence-electron chi connectivity index (χ2n) is 7.87. The fraction of sp³-hybridized carbons (Fsp3) is 0.292. The first-order valence-corrected chi connectivity index (χ1v) is 11.5. The van der Waals surface area contributed by atoms with E-state index in [0.29, 0.717) is 28.5 Å². The van der Waals surface area contributed by atoms with Gasteiger partial charge in [0.05, 0.1) is 18.9 Å². The van der Waals surface area contributed by atoms with Gasteiger partial charge in [-0.15, -0.1) is 0 Å². The number of oxazole rings is 1. The van der Waals surface area contributed by atoms with Gasteiger partial charge in [-0.25, -0.2) is 19.6 Å². The first-order valence-electron chi connectivity index (χ1n) is 11.1. The maximum Gasteiger partial charge on any atom is 0.394 e. The largest absolute Gasteiger partial charge is 0.459 e. The van der Waals surface area contributed by atoms with Crippen LogP contribution in [0.4, 0.5) is 16.3 Å². The molecule has 11 nitrogen and oxygen atoms in total.